The van der Waals surface area contributed by atoms with Crippen LogP contribution in [0.25, 0.3) is 0 Å². The van der Waals surface area contributed by atoms with Crippen molar-refractivity contribution in [2.45, 2.75) is 12.5 Å². The molecule has 1 atom stereocenters. The van der Waals surface area contributed by atoms with E-state index in [0.29, 0.717) is 5.75 Å². The van der Waals surface area contributed by atoms with E-state index in [-0.39, 0.29) is 12.2 Å². The lowest BCUT2D eigenvalue weighted by Crippen LogP contribution is -2.50. The lowest BCUT2D eigenvalue weighted by molar-refractivity contribution is 0.0900. The Bertz CT molecular complexity index is 803. The van der Waals surface area contributed by atoms with Crippen LogP contribution in [-0.4, -0.2) is 27.8 Å². The van der Waals surface area contributed by atoms with Crippen LogP contribution < -0.4 is 15.6 Å². The summed E-state index contributed by atoms with van der Waals surface area (Å²) in [5.41, 5.74) is -2.01. The Morgan fingerprint density at radius 1 is 1.48 bits per heavy atom. The van der Waals surface area contributed by atoms with E-state index in [9.17, 15) is 19.2 Å². The molecule has 2 aromatic rings. The number of carbonyl (C=O) groups excluding carboxylic acids is 1. The maximum absolute atomic E-state index is 12.8. The van der Waals surface area contributed by atoms with Gasteiger partial charge in [-0.25, -0.2) is 4.39 Å². The number of halogens is 1. The molecular weight excluding hydrogens is 303 g/mol. The molecule has 0 spiro atoms. The van der Waals surface area contributed by atoms with E-state index in [2.05, 4.69) is 10.4 Å². The smallest absolute Gasteiger partial charge is 0.276 e. The summed E-state index contributed by atoms with van der Waals surface area (Å²) in [5.74, 6) is -0.727. The molecule has 2 N–H and O–H groups in total. The zero-order chi connectivity index (χ0) is 17.0. The van der Waals surface area contributed by atoms with Crippen molar-refractivity contribution < 1.29 is 13.9 Å². The normalized spacial score (nSPS) is 13.0. The molecule has 1 unspecified atom stereocenters. The first-order valence-corrected chi connectivity index (χ1v) is 6.71. The van der Waals surface area contributed by atoms with Gasteiger partial charge in [0.2, 0.25) is 0 Å². The molecule has 0 aliphatic rings. The molecule has 120 valence electrons. The second-order valence-corrected chi connectivity index (χ2v) is 5.24. The van der Waals surface area contributed by atoms with Gasteiger partial charge in [0, 0.05) is 13.2 Å². The van der Waals surface area contributed by atoms with E-state index < -0.39 is 22.8 Å². The fraction of sp³-hybridized carbons (Fsp3) is 0.267. The summed E-state index contributed by atoms with van der Waals surface area (Å²) < 4.78 is 19.6. The highest BCUT2D eigenvalue weighted by Crippen LogP contribution is 2.14. The van der Waals surface area contributed by atoms with Crippen molar-refractivity contribution in [3.63, 3.8) is 0 Å². The predicted octanol–water partition coefficient (Wildman–Crippen LogP) is 0.944. The first-order valence-electron chi connectivity index (χ1n) is 6.71. The molecule has 7 nitrogen and oxygen atoms in total. The molecular formula is C15H15FN4O3. The molecule has 0 aliphatic heterocycles. The molecule has 8 heteroatoms. The molecule has 0 radical (unpaired) electrons. The number of amides is 1. The molecule has 0 saturated heterocycles. The number of benzene rings is 1. The van der Waals surface area contributed by atoms with Crippen molar-refractivity contribution in [3.8, 4) is 11.8 Å². The highest BCUT2D eigenvalue weighted by Gasteiger charge is 2.29. The Morgan fingerprint density at radius 2 is 2.13 bits per heavy atom. The number of H-pyrrole nitrogens is 1. The summed E-state index contributed by atoms with van der Waals surface area (Å²) in [6, 6.07) is 7.21. The number of rotatable bonds is 5. The van der Waals surface area contributed by atoms with Gasteiger partial charge in [-0.3, -0.25) is 19.4 Å². The number of nitrogens with one attached hydrogen (secondary N) is 2. The van der Waals surface area contributed by atoms with Crippen LogP contribution in [0.3, 0.4) is 0 Å². The summed E-state index contributed by atoms with van der Waals surface area (Å²) in [4.78, 5) is 23.7. The van der Waals surface area contributed by atoms with Gasteiger partial charge in [0.05, 0.1) is 6.07 Å². The van der Waals surface area contributed by atoms with Crippen LogP contribution in [0, 0.1) is 17.1 Å². The second kappa shape index (κ2) is 6.36. The number of aromatic amines is 1. The van der Waals surface area contributed by atoms with Crippen LogP contribution >= 0.6 is 0 Å². The van der Waals surface area contributed by atoms with Gasteiger partial charge in [-0.15, -0.1) is 0 Å². The molecule has 1 aromatic heterocycles. The van der Waals surface area contributed by atoms with Gasteiger partial charge in [-0.2, -0.15) is 5.26 Å². The van der Waals surface area contributed by atoms with Crippen LogP contribution in [0.1, 0.15) is 17.3 Å². The minimum Gasteiger partial charge on any atom is -0.490 e. The average molecular weight is 318 g/mol. The highest BCUT2D eigenvalue weighted by atomic mass is 19.1. The third kappa shape index (κ3) is 3.97. The molecule has 0 saturated carbocycles. The van der Waals surface area contributed by atoms with Crippen LogP contribution in [0.15, 0.2) is 35.3 Å². The fourth-order valence-corrected chi connectivity index (χ4v) is 1.84. The summed E-state index contributed by atoms with van der Waals surface area (Å²) in [5, 5.41) is 14.2. The first kappa shape index (κ1) is 16.3. The number of aromatic nitrogens is 2. The second-order valence-electron chi connectivity index (χ2n) is 5.24. The molecule has 2 rings (SSSR count). The Labute approximate surface area is 131 Å². The molecule has 0 bridgehead atoms. The average Bonchev–Trinajstić information content (AvgIpc) is 2.85. The number of ether oxygens (including phenoxy) is 1. The molecule has 23 heavy (non-hydrogen) atoms. The molecule has 1 heterocycles. The third-order valence-electron chi connectivity index (χ3n) is 3.07. The minimum atomic E-state index is -1.35. The monoisotopic (exact) mass is 318 g/mol. The van der Waals surface area contributed by atoms with Gasteiger partial charge in [0.25, 0.3) is 11.5 Å². The minimum absolute atomic E-state index is 0.101. The maximum atomic E-state index is 12.8. The van der Waals surface area contributed by atoms with Crippen molar-refractivity contribution in [2.75, 3.05) is 6.61 Å². The van der Waals surface area contributed by atoms with E-state index >= 15 is 0 Å². The maximum Gasteiger partial charge on any atom is 0.276 e. The Balaban J connectivity index is 2.06. The predicted molar refractivity (Wildman–Crippen MR) is 79.4 cm³/mol. The van der Waals surface area contributed by atoms with Crippen molar-refractivity contribution in [1.29, 1.82) is 5.26 Å². The quantitative estimate of drug-likeness (QED) is 0.857. The molecule has 0 aliphatic carbocycles. The number of hydrogen-bond acceptors (Lipinski definition) is 4. The van der Waals surface area contributed by atoms with Gasteiger partial charge in [-0.05, 0) is 31.2 Å². The van der Waals surface area contributed by atoms with E-state index in [1.54, 1.807) is 7.05 Å². The van der Waals surface area contributed by atoms with Gasteiger partial charge in [-0.1, -0.05) is 0 Å². The summed E-state index contributed by atoms with van der Waals surface area (Å²) in [6.07, 6.45) is 1.33. The van der Waals surface area contributed by atoms with Gasteiger partial charge >= 0.3 is 0 Å². The Kier molecular flexibility index (Phi) is 4.50. The standard InChI is InChI=1S/C15H15FN4O3/c1-15(8-17,9-23-11-5-3-10(16)4-6-11)18-13(21)12-7-20(2)19-14(12)22/h3-7H,9H2,1-2H3,(H,18,21)(H,19,22). The van der Waals surface area contributed by atoms with Gasteiger partial charge in [0.15, 0.2) is 5.54 Å². The highest BCUT2D eigenvalue weighted by molar-refractivity contribution is 5.94. The summed E-state index contributed by atoms with van der Waals surface area (Å²) >= 11 is 0. The van der Waals surface area contributed by atoms with E-state index in [0.717, 1.165) is 0 Å². The zero-order valence-corrected chi connectivity index (χ0v) is 12.6. The zero-order valence-electron chi connectivity index (χ0n) is 12.6. The van der Waals surface area contributed by atoms with Crippen LogP contribution in [0.5, 0.6) is 5.75 Å². The van der Waals surface area contributed by atoms with Gasteiger partial charge < -0.3 is 10.1 Å². The van der Waals surface area contributed by atoms with Crippen LogP contribution in [-0.2, 0) is 7.05 Å². The summed E-state index contributed by atoms with van der Waals surface area (Å²) in [7, 11) is 1.57. The summed E-state index contributed by atoms with van der Waals surface area (Å²) in [6.45, 7) is 1.30. The largest absolute Gasteiger partial charge is 0.490 e. The Hall–Kier alpha value is -3.08. The SMILES string of the molecule is Cn1cc(C(=O)NC(C)(C#N)COc2ccc(F)cc2)c(=O)[nH]1. The molecule has 0 fully saturated rings. The lowest BCUT2D eigenvalue weighted by Gasteiger charge is -2.23. The number of nitrogens with zero attached hydrogens (tertiary/aromatic N) is 2. The number of aryl methyl sites for hydroxylation is 1. The number of carbonyl (C=O) groups is 1. The fourth-order valence-electron chi connectivity index (χ4n) is 1.84. The van der Waals surface area contributed by atoms with Crippen molar-refractivity contribution in [1.82, 2.24) is 15.1 Å². The number of nitriles is 1. The third-order valence-corrected chi connectivity index (χ3v) is 3.07. The van der Waals surface area contributed by atoms with E-state index in [1.807, 2.05) is 6.07 Å². The first-order chi connectivity index (χ1) is 10.8. The lowest BCUT2D eigenvalue weighted by atomic mass is 10.1. The van der Waals surface area contributed by atoms with E-state index in [1.165, 1.54) is 42.1 Å². The van der Waals surface area contributed by atoms with Crippen molar-refractivity contribution in [3.05, 3.63) is 52.2 Å². The molecule has 1 aromatic carbocycles. The van der Waals surface area contributed by atoms with Crippen LogP contribution in [0.2, 0.25) is 0 Å². The van der Waals surface area contributed by atoms with Crippen molar-refractivity contribution >= 4 is 5.91 Å². The number of hydrogen-bond donors (Lipinski definition) is 2. The topological polar surface area (TPSA) is 99.9 Å². The molecule has 1 amide bonds. The Morgan fingerprint density at radius 3 is 2.65 bits per heavy atom. The van der Waals surface area contributed by atoms with E-state index in [4.69, 9.17) is 4.74 Å². The van der Waals surface area contributed by atoms with Crippen molar-refractivity contribution in [2.24, 2.45) is 7.05 Å². The van der Waals surface area contributed by atoms with Gasteiger partial charge in [0.1, 0.15) is 23.7 Å². The van der Waals surface area contributed by atoms with Crippen LogP contribution in [0.4, 0.5) is 4.39 Å².